The Labute approximate surface area is 282 Å². The topological polar surface area (TPSA) is 147 Å². The van der Waals surface area contributed by atoms with Crippen LogP contribution >= 0.6 is 23.2 Å². The maximum Gasteiger partial charge on any atom is 0.493 e. The standard InChI is InChI=1S/C30H30Cl2F3N7O6/c1-5-24(43)42(48-28(44)30(33,34)35)19-12-17(16-8-10-36-11-9-16)6-7-18(19)39-22-14-23(38-15-37-22)41(2)29(45)40-27-25(31)20(46-3)13-21(47-4)26(27)32/h5-7,12-16,36H,1,8-11H2,2-4H3,(H,40,45)(H,37,38,39). The number of carbonyl (C=O) groups excluding carboxylic acids is 3. The van der Waals surface area contributed by atoms with E-state index in [2.05, 4.69) is 37.3 Å². The van der Waals surface area contributed by atoms with Crippen molar-refractivity contribution >= 4 is 69.8 Å². The van der Waals surface area contributed by atoms with Crippen molar-refractivity contribution in [1.29, 1.82) is 0 Å². The van der Waals surface area contributed by atoms with E-state index in [0.29, 0.717) is 24.7 Å². The minimum atomic E-state index is -5.39. The number of piperidine rings is 1. The lowest BCUT2D eigenvalue weighted by atomic mass is 9.89. The number of hydrogen-bond acceptors (Lipinski definition) is 10. The molecule has 4 rings (SSSR count). The summed E-state index contributed by atoms with van der Waals surface area (Å²) in [4.78, 5) is 51.8. The highest BCUT2D eigenvalue weighted by molar-refractivity contribution is 6.41. The summed E-state index contributed by atoms with van der Waals surface area (Å²) >= 11 is 12.8. The third kappa shape index (κ3) is 8.18. The minimum absolute atomic E-state index is 0.0117. The minimum Gasteiger partial charge on any atom is -0.495 e. The van der Waals surface area contributed by atoms with Crippen LogP contribution in [0.1, 0.15) is 24.3 Å². The molecule has 0 aliphatic carbocycles. The molecule has 13 nitrogen and oxygen atoms in total. The summed E-state index contributed by atoms with van der Waals surface area (Å²) in [6, 6.07) is 6.78. The normalized spacial score (nSPS) is 13.2. The fraction of sp³-hybridized carbons (Fsp3) is 0.300. The van der Waals surface area contributed by atoms with E-state index >= 15 is 0 Å². The van der Waals surface area contributed by atoms with Crippen molar-refractivity contribution in [2.45, 2.75) is 24.9 Å². The number of rotatable bonds is 9. The van der Waals surface area contributed by atoms with Gasteiger partial charge in [0, 0.05) is 19.2 Å². The number of nitrogens with zero attached hydrogens (tertiary/aromatic N) is 4. The number of hydroxylamine groups is 1. The number of alkyl halides is 3. The number of amides is 3. The van der Waals surface area contributed by atoms with Crippen LogP contribution in [0.4, 0.5) is 46.7 Å². The number of anilines is 5. The number of hydrogen-bond donors (Lipinski definition) is 3. The zero-order valence-electron chi connectivity index (χ0n) is 25.8. The molecular formula is C30H30Cl2F3N7O6. The van der Waals surface area contributed by atoms with Gasteiger partial charge < -0.3 is 30.3 Å². The van der Waals surface area contributed by atoms with Crippen LogP contribution < -0.4 is 35.4 Å². The van der Waals surface area contributed by atoms with Gasteiger partial charge in [0.2, 0.25) is 0 Å². The SMILES string of the molecule is C=CC(=O)N(OC(=O)C(F)(F)F)c1cc(C2CCNCC2)ccc1Nc1cc(N(C)C(=O)Nc2c(Cl)c(OC)cc(OC)c2Cl)ncn1. The molecule has 0 spiro atoms. The van der Waals surface area contributed by atoms with Crippen molar-refractivity contribution in [3.63, 3.8) is 0 Å². The number of ether oxygens (including phenoxy) is 2. The Balaban J connectivity index is 1.67. The maximum absolute atomic E-state index is 13.2. The summed E-state index contributed by atoms with van der Waals surface area (Å²) in [5, 5.41) is 8.97. The lowest BCUT2D eigenvalue weighted by molar-refractivity contribution is -0.201. The number of carbonyl (C=O) groups is 3. The Bertz CT molecular complexity index is 1680. The molecule has 0 saturated carbocycles. The van der Waals surface area contributed by atoms with Crippen LogP contribution in [-0.2, 0) is 14.4 Å². The maximum atomic E-state index is 13.2. The molecule has 1 saturated heterocycles. The van der Waals surface area contributed by atoms with Crippen LogP contribution in [0.25, 0.3) is 0 Å². The zero-order chi connectivity index (χ0) is 35.2. The molecule has 256 valence electrons. The number of nitrogens with one attached hydrogen (secondary N) is 3. The number of benzene rings is 2. The van der Waals surface area contributed by atoms with E-state index in [4.69, 9.17) is 32.7 Å². The second-order valence-electron chi connectivity index (χ2n) is 10.2. The van der Waals surface area contributed by atoms with Crippen molar-refractivity contribution in [2.75, 3.05) is 55.0 Å². The van der Waals surface area contributed by atoms with Gasteiger partial charge in [-0.2, -0.15) is 13.2 Å². The van der Waals surface area contributed by atoms with Crippen molar-refractivity contribution in [2.24, 2.45) is 0 Å². The molecule has 0 atom stereocenters. The summed E-state index contributed by atoms with van der Waals surface area (Å²) in [6.07, 6.45) is -2.11. The molecule has 2 heterocycles. The second kappa shape index (κ2) is 15.4. The third-order valence-corrected chi connectivity index (χ3v) is 7.95. The Hall–Kier alpha value is -4.80. The molecule has 3 aromatic rings. The number of urea groups is 1. The quantitative estimate of drug-likeness (QED) is 0.173. The summed E-state index contributed by atoms with van der Waals surface area (Å²) in [7, 11) is 4.14. The average molecular weight is 713 g/mol. The zero-order valence-corrected chi connectivity index (χ0v) is 27.3. The molecule has 2 aromatic carbocycles. The molecule has 3 N–H and O–H groups in total. The number of halogens is 5. The highest BCUT2D eigenvalue weighted by atomic mass is 35.5. The molecule has 1 aliphatic rings. The van der Waals surface area contributed by atoms with Crippen LogP contribution in [-0.4, -0.2) is 68.4 Å². The molecule has 0 unspecified atom stereocenters. The first-order valence-electron chi connectivity index (χ1n) is 14.1. The van der Waals surface area contributed by atoms with Crippen molar-refractivity contribution in [3.05, 3.63) is 64.9 Å². The van der Waals surface area contributed by atoms with Crippen LogP contribution in [0, 0.1) is 0 Å². The molecule has 3 amide bonds. The van der Waals surface area contributed by atoms with Crippen LogP contribution in [0.5, 0.6) is 11.5 Å². The Morgan fingerprint density at radius 3 is 2.27 bits per heavy atom. The molecule has 0 radical (unpaired) electrons. The fourth-order valence-corrected chi connectivity index (χ4v) is 5.28. The summed E-state index contributed by atoms with van der Waals surface area (Å²) in [5.41, 5.74) is 0.540. The van der Waals surface area contributed by atoms with Gasteiger partial charge in [0.05, 0.1) is 25.6 Å². The van der Waals surface area contributed by atoms with Crippen molar-refractivity contribution < 1.29 is 41.9 Å². The Morgan fingerprint density at radius 1 is 1.04 bits per heavy atom. The smallest absolute Gasteiger partial charge is 0.493 e. The largest absolute Gasteiger partial charge is 0.495 e. The van der Waals surface area contributed by atoms with Crippen molar-refractivity contribution in [3.8, 4) is 11.5 Å². The molecular weight excluding hydrogens is 682 g/mol. The Kier molecular flexibility index (Phi) is 11.6. The summed E-state index contributed by atoms with van der Waals surface area (Å²) < 4.78 is 50.1. The average Bonchev–Trinajstić information content (AvgIpc) is 3.08. The van der Waals surface area contributed by atoms with E-state index in [-0.39, 0.29) is 61.2 Å². The lowest BCUT2D eigenvalue weighted by Crippen LogP contribution is -2.38. The van der Waals surface area contributed by atoms with E-state index in [1.807, 2.05) is 0 Å². The predicted molar refractivity (Wildman–Crippen MR) is 173 cm³/mol. The fourth-order valence-electron chi connectivity index (χ4n) is 4.69. The van der Waals surface area contributed by atoms with E-state index in [1.54, 1.807) is 6.07 Å². The van der Waals surface area contributed by atoms with Gasteiger partial charge in [-0.05, 0) is 55.6 Å². The van der Waals surface area contributed by atoms with E-state index < -0.39 is 24.1 Å². The summed E-state index contributed by atoms with van der Waals surface area (Å²) in [6.45, 7) is 4.75. The van der Waals surface area contributed by atoms with Crippen molar-refractivity contribution in [1.82, 2.24) is 15.3 Å². The van der Waals surface area contributed by atoms with Gasteiger partial charge in [0.25, 0.3) is 5.91 Å². The molecule has 48 heavy (non-hydrogen) atoms. The number of aromatic nitrogens is 2. The van der Waals surface area contributed by atoms with Gasteiger partial charge in [-0.15, -0.1) is 5.06 Å². The summed E-state index contributed by atoms with van der Waals surface area (Å²) in [5.74, 6) is -3.23. The van der Waals surface area contributed by atoms with Crippen LogP contribution in [0.3, 0.4) is 0 Å². The van der Waals surface area contributed by atoms with Gasteiger partial charge in [-0.3, -0.25) is 9.69 Å². The Morgan fingerprint density at radius 2 is 1.69 bits per heavy atom. The monoisotopic (exact) mass is 711 g/mol. The van der Waals surface area contributed by atoms with Gasteiger partial charge in [-0.1, -0.05) is 35.8 Å². The lowest BCUT2D eigenvalue weighted by Gasteiger charge is -2.27. The first-order chi connectivity index (χ1) is 22.8. The molecule has 1 aromatic heterocycles. The first-order valence-corrected chi connectivity index (χ1v) is 14.9. The third-order valence-electron chi connectivity index (χ3n) is 7.20. The predicted octanol–water partition coefficient (Wildman–Crippen LogP) is 6.22. The molecule has 18 heteroatoms. The van der Waals surface area contributed by atoms with Gasteiger partial charge in [0.1, 0.15) is 45.2 Å². The molecule has 0 bridgehead atoms. The van der Waals surface area contributed by atoms with E-state index in [1.165, 1.54) is 45.5 Å². The van der Waals surface area contributed by atoms with Crippen LogP contribution in [0.15, 0.2) is 49.3 Å². The second-order valence-corrected chi connectivity index (χ2v) is 10.9. The van der Waals surface area contributed by atoms with E-state index in [9.17, 15) is 27.6 Å². The first kappa shape index (κ1) is 36.0. The van der Waals surface area contributed by atoms with Crippen LogP contribution in [0.2, 0.25) is 10.0 Å². The molecule has 1 aliphatic heterocycles. The highest BCUT2D eigenvalue weighted by Crippen LogP contribution is 2.44. The van der Waals surface area contributed by atoms with E-state index in [0.717, 1.165) is 24.1 Å². The number of methoxy groups -OCH3 is 2. The molecule has 1 fully saturated rings. The van der Waals surface area contributed by atoms with Gasteiger partial charge in [-0.25, -0.2) is 19.6 Å². The van der Waals surface area contributed by atoms with Gasteiger partial charge in [0.15, 0.2) is 0 Å². The highest BCUT2D eigenvalue weighted by Gasteiger charge is 2.44. The van der Waals surface area contributed by atoms with Gasteiger partial charge >= 0.3 is 18.2 Å².